The van der Waals surface area contributed by atoms with Crippen LogP contribution in [0.25, 0.3) is 0 Å². The van der Waals surface area contributed by atoms with Gasteiger partial charge in [0.25, 0.3) is 11.6 Å². The summed E-state index contributed by atoms with van der Waals surface area (Å²) in [6, 6.07) is 7.77. The van der Waals surface area contributed by atoms with Crippen LogP contribution in [0.3, 0.4) is 0 Å². The van der Waals surface area contributed by atoms with Crippen LogP contribution in [-0.4, -0.2) is 52.9 Å². The molecule has 0 bridgehead atoms. The molecule has 0 spiro atoms. The lowest BCUT2D eigenvalue weighted by molar-refractivity contribution is -0.384. The number of hydrogen-bond acceptors (Lipinski definition) is 5. The van der Waals surface area contributed by atoms with Crippen molar-refractivity contribution in [1.29, 1.82) is 5.26 Å². The maximum atomic E-state index is 12.3. The van der Waals surface area contributed by atoms with Gasteiger partial charge >= 0.3 is 0 Å². The highest BCUT2D eigenvalue weighted by Gasteiger charge is 2.25. The van der Waals surface area contributed by atoms with Crippen molar-refractivity contribution in [2.24, 2.45) is 0 Å². The summed E-state index contributed by atoms with van der Waals surface area (Å²) < 4.78 is 0. The molecule has 1 fully saturated rings. The summed E-state index contributed by atoms with van der Waals surface area (Å²) in [6.45, 7) is 4.14. The number of nitro benzene ring substituents is 1. The lowest BCUT2D eigenvalue weighted by Crippen LogP contribution is -2.51. The Hall–Kier alpha value is -2.46. The molecule has 1 unspecified atom stereocenters. The average Bonchev–Trinajstić information content (AvgIpc) is 2.53. The third kappa shape index (κ3) is 3.35. The number of nitrogens with zero attached hydrogens (tertiary/aromatic N) is 4. The van der Waals surface area contributed by atoms with Gasteiger partial charge in [0.2, 0.25) is 0 Å². The number of nitriles is 1. The van der Waals surface area contributed by atoms with Crippen LogP contribution in [-0.2, 0) is 0 Å². The fourth-order valence-electron chi connectivity index (χ4n) is 2.33. The van der Waals surface area contributed by atoms with Gasteiger partial charge in [0, 0.05) is 43.9 Å². The molecule has 1 amide bonds. The zero-order valence-electron chi connectivity index (χ0n) is 11.7. The summed E-state index contributed by atoms with van der Waals surface area (Å²) in [6.07, 6.45) is 0. The lowest BCUT2D eigenvalue weighted by Gasteiger charge is -2.35. The molecular weight excluding hydrogens is 272 g/mol. The van der Waals surface area contributed by atoms with Crippen LogP contribution in [0.2, 0.25) is 0 Å². The number of nitro groups is 1. The molecule has 1 heterocycles. The number of rotatable bonds is 3. The van der Waals surface area contributed by atoms with E-state index in [1.165, 1.54) is 18.2 Å². The maximum Gasteiger partial charge on any atom is 0.270 e. The SMILES string of the molecule is CC(C#N)N1CCN(C(=O)c2cccc([N+](=O)[O-])c2)CC1. The zero-order valence-corrected chi connectivity index (χ0v) is 11.7. The molecule has 0 radical (unpaired) electrons. The van der Waals surface area contributed by atoms with Crippen molar-refractivity contribution in [2.45, 2.75) is 13.0 Å². The summed E-state index contributed by atoms with van der Waals surface area (Å²) in [4.78, 5) is 26.3. The molecule has 7 heteroatoms. The van der Waals surface area contributed by atoms with Gasteiger partial charge in [-0.25, -0.2) is 0 Å². The van der Waals surface area contributed by atoms with Crippen LogP contribution in [0, 0.1) is 21.4 Å². The van der Waals surface area contributed by atoms with Crippen molar-refractivity contribution < 1.29 is 9.72 Å². The number of non-ortho nitro benzene ring substituents is 1. The normalized spacial score (nSPS) is 17.0. The van der Waals surface area contributed by atoms with Crippen LogP contribution >= 0.6 is 0 Å². The second-order valence-corrected chi connectivity index (χ2v) is 4.94. The third-order valence-electron chi connectivity index (χ3n) is 3.64. The van der Waals surface area contributed by atoms with E-state index in [1.54, 1.807) is 11.0 Å². The van der Waals surface area contributed by atoms with E-state index in [0.717, 1.165) is 0 Å². The highest BCUT2D eigenvalue weighted by Crippen LogP contribution is 2.16. The van der Waals surface area contributed by atoms with E-state index in [0.29, 0.717) is 31.7 Å². The number of amides is 1. The first-order chi connectivity index (χ1) is 10.0. The molecule has 2 rings (SSSR count). The van der Waals surface area contributed by atoms with Crippen molar-refractivity contribution in [3.8, 4) is 6.07 Å². The molecule has 110 valence electrons. The van der Waals surface area contributed by atoms with Gasteiger partial charge in [-0.05, 0) is 13.0 Å². The summed E-state index contributed by atoms with van der Waals surface area (Å²) in [7, 11) is 0. The molecule has 1 saturated heterocycles. The Morgan fingerprint density at radius 3 is 2.62 bits per heavy atom. The van der Waals surface area contributed by atoms with Gasteiger partial charge in [0.1, 0.15) is 0 Å². The summed E-state index contributed by atoms with van der Waals surface area (Å²) in [5, 5.41) is 19.6. The van der Waals surface area contributed by atoms with E-state index >= 15 is 0 Å². The Morgan fingerprint density at radius 1 is 1.38 bits per heavy atom. The standard InChI is InChI=1S/C14H16N4O3/c1-11(10-15)16-5-7-17(8-6-16)14(19)12-3-2-4-13(9-12)18(20)21/h2-4,9,11H,5-8H2,1H3. The predicted molar refractivity (Wildman–Crippen MR) is 75.6 cm³/mol. The van der Waals surface area contributed by atoms with E-state index in [4.69, 9.17) is 5.26 Å². The van der Waals surface area contributed by atoms with Crippen molar-refractivity contribution in [3.63, 3.8) is 0 Å². The molecule has 1 aliphatic heterocycles. The summed E-state index contributed by atoms with van der Waals surface area (Å²) >= 11 is 0. The van der Waals surface area contributed by atoms with Gasteiger partial charge < -0.3 is 4.90 Å². The Bertz CT molecular complexity index is 588. The van der Waals surface area contributed by atoms with Gasteiger partial charge in [-0.15, -0.1) is 0 Å². The van der Waals surface area contributed by atoms with Gasteiger partial charge in [-0.3, -0.25) is 19.8 Å². The minimum atomic E-state index is -0.511. The summed E-state index contributed by atoms with van der Waals surface area (Å²) in [5.74, 6) is -0.206. The first-order valence-electron chi connectivity index (χ1n) is 6.70. The average molecular weight is 288 g/mol. The van der Waals surface area contributed by atoms with Crippen LogP contribution in [0.1, 0.15) is 17.3 Å². The molecule has 1 aliphatic rings. The Kier molecular flexibility index (Phi) is 4.50. The van der Waals surface area contributed by atoms with E-state index < -0.39 is 4.92 Å². The first-order valence-corrected chi connectivity index (χ1v) is 6.70. The van der Waals surface area contributed by atoms with Crippen molar-refractivity contribution in [3.05, 3.63) is 39.9 Å². The largest absolute Gasteiger partial charge is 0.336 e. The topological polar surface area (TPSA) is 90.5 Å². The lowest BCUT2D eigenvalue weighted by atomic mass is 10.1. The number of carbonyl (C=O) groups is 1. The smallest absolute Gasteiger partial charge is 0.270 e. The van der Waals surface area contributed by atoms with Crippen molar-refractivity contribution >= 4 is 11.6 Å². The fraction of sp³-hybridized carbons (Fsp3) is 0.429. The van der Waals surface area contributed by atoms with Crippen LogP contribution in [0.5, 0.6) is 0 Å². The molecule has 0 N–H and O–H groups in total. The first kappa shape index (κ1) is 14.9. The van der Waals surface area contributed by atoms with E-state index in [-0.39, 0.29) is 17.6 Å². The fourth-order valence-corrected chi connectivity index (χ4v) is 2.33. The van der Waals surface area contributed by atoms with Crippen LogP contribution in [0.15, 0.2) is 24.3 Å². The minimum absolute atomic E-state index is 0.0856. The van der Waals surface area contributed by atoms with Gasteiger partial charge in [0.05, 0.1) is 17.0 Å². The summed E-state index contributed by atoms with van der Waals surface area (Å²) in [5.41, 5.74) is 0.239. The zero-order chi connectivity index (χ0) is 15.4. The van der Waals surface area contributed by atoms with E-state index in [1.807, 2.05) is 11.8 Å². The molecular formula is C14H16N4O3. The van der Waals surface area contributed by atoms with Crippen molar-refractivity contribution in [1.82, 2.24) is 9.80 Å². The third-order valence-corrected chi connectivity index (χ3v) is 3.64. The Morgan fingerprint density at radius 2 is 2.05 bits per heavy atom. The van der Waals surface area contributed by atoms with E-state index in [9.17, 15) is 14.9 Å². The monoisotopic (exact) mass is 288 g/mol. The number of carbonyl (C=O) groups excluding carboxylic acids is 1. The number of piperazine rings is 1. The molecule has 7 nitrogen and oxygen atoms in total. The molecule has 21 heavy (non-hydrogen) atoms. The molecule has 0 saturated carbocycles. The maximum absolute atomic E-state index is 12.3. The Balaban J connectivity index is 2.04. The Labute approximate surface area is 122 Å². The molecule has 0 aliphatic carbocycles. The molecule has 0 aromatic heterocycles. The van der Waals surface area contributed by atoms with Crippen molar-refractivity contribution in [2.75, 3.05) is 26.2 Å². The molecule has 1 atom stereocenters. The quantitative estimate of drug-likeness (QED) is 0.617. The minimum Gasteiger partial charge on any atom is -0.336 e. The van der Waals surface area contributed by atoms with E-state index in [2.05, 4.69) is 6.07 Å². The van der Waals surface area contributed by atoms with Crippen LogP contribution < -0.4 is 0 Å². The number of benzene rings is 1. The second-order valence-electron chi connectivity index (χ2n) is 4.94. The molecule has 1 aromatic carbocycles. The second kappa shape index (κ2) is 6.33. The van der Waals surface area contributed by atoms with Crippen LogP contribution in [0.4, 0.5) is 5.69 Å². The van der Waals surface area contributed by atoms with Gasteiger partial charge in [-0.1, -0.05) is 6.07 Å². The van der Waals surface area contributed by atoms with Gasteiger partial charge in [-0.2, -0.15) is 5.26 Å². The molecule has 1 aromatic rings. The highest BCUT2D eigenvalue weighted by molar-refractivity contribution is 5.94. The highest BCUT2D eigenvalue weighted by atomic mass is 16.6. The number of hydrogen-bond donors (Lipinski definition) is 0. The predicted octanol–water partition coefficient (Wildman–Crippen LogP) is 1.26. The van der Waals surface area contributed by atoms with Gasteiger partial charge in [0.15, 0.2) is 0 Å².